The van der Waals surface area contributed by atoms with Gasteiger partial charge in [0, 0.05) is 12.1 Å². The SMILES string of the molecule is CC(OC(C)(C)C)[C@H](NC(=O)Oc1ccc([N+](=O)[O-])cc1)c1nnc(COC(C)(C)C)o1. The number of rotatable bonds is 8. The van der Waals surface area contributed by atoms with Crippen molar-refractivity contribution in [1.29, 1.82) is 0 Å². The Morgan fingerprint density at radius 2 is 1.75 bits per heavy atom. The minimum absolute atomic E-state index is 0.112. The lowest BCUT2D eigenvalue weighted by Gasteiger charge is -2.29. The van der Waals surface area contributed by atoms with Gasteiger partial charge in [-0.05, 0) is 60.6 Å². The van der Waals surface area contributed by atoms with Crippen LogP contribution in [0.5, 0.6) is 5.75 Å². The molecule has 0 saturated heterocycles. The highest BCUT2D eigenvalue weighted by Crippen LogP contribution is 2.24. The van der Waals surface area contributed by atoms with E-state index in [1.807, 2.05) is 41.5 Å². The molecule has 176 valence electrons. The van der Waals surface area contributed by atoms with Gasteiger partial charge in [-0.15, -0.1) is 10.2 Å². The van der Waals surface area contributed by atoms with E-state index in [0.717, 1.165) is 0 Å². The highest BCUT2D eigenvalue weighted by atomic mass is 16.6. The number of carbonyl (C=O) groups excluding carboxylic acids is 1. The average Bonchev–Trinajstić information content (AvgIpc) is 3.11. The van der Waals surface area contributed by atoms with Gasteiger partial charge >= 0.3 is 6.09 Å². The maximum Gasteiger partial charge on any atom is 0.413 e. The van der Waals surface area contributed by atoms with Gasteiger partial charge in [0.15, 0.2) is 0 Å². The molecule has 0 saturated carbocycles. The third-order valence-corrected chi connectivity index (χ3v) is 3.92. The van der Waals surface area contributed by atoms with Crippen LogP contribution in [0.1, 0.15) is 66.3 Å². The summed E-state index contributed by atoms with van der Waals surface area (Å²) < 4.78 is 22.6. The Morgan fingerprint density at radius 3 is 2.28 bits per heavy atom. The van der Waals surface area contributed by atoms with Crippen LogP contribution in [0.3, 0.4) is 0 Å². The maximum absolute atomic E-state index is 12.5. The number of hydrogen-bond acceptors (Lipinski definition) is 9. The molecule has 1 heterocycles. The van der Waals surface area contributed by atoms with E-state index in [2.05, 4.69) is 15.5 Å². The molecular formula is C21H30N4O7. The summed E-state index contributed by atoms with van der Waals surface area (Å²) in [6, 6.07) is 4.33. The number of nitrogens with one attached hydrogen (secondary N) is 1. The number of amides is 1. The molecule has 2 atom stereocenters. The van der Waals surface area contributed by atoms with Crippen molar-refractivity contribution >= 4 is 11.8 Å². The van der Waals surface area contributed by atoms with E-state index in [-0.39, 0.29) is 35.4 Å². The number of ether oxygens (including phenoxy) is 3. The summed E-state index contributed by atoms with van der Waals surface area (Å²) in [5.41, 5.74) is -0.998. The van der Waals surface area contributed by atoms with Crippen molar-refractivity contribution in [2.24, 2.45) is 0 Å². The average molecular weight is 450 g/mol. The van der Waals surface area contributed by atoms with Crippen LogP contribution in [-0.4, -0.2) is 38.5 Å². The second kappa shape index (κ2) is 10.0. The van der Waals surface area contributed by atoms with Gasteiger partial charge in [-0.3, -0.25) is 10.1 Å². The smallest absolute Gasteiger partial charge is 0.413 e. The Hall–Kier alpha value is -3.05. The van der Waals surface area contributed by atoms with Crippen molar-refractivity contribution in [3.63, 3.8) is 0 Å². The van der Waals surface area contributed by atoms with Gasteiger partial charge in [-0.1, -0.05) is 0 Å². The summed E-state index contributed by atoms with van der Waals surface area (Å²) in [4.78, 5) is 22.7. The van der Waals surface area contributed by atoms with Crippen molar-refractivity contribution in [2.45, 2.75) is 78.4 Å². The quantitative estimate of drug-likeness (QED) is 0.460. The first-order valence-corrected chi connectivity index (χ1v) is 10.1. The van der Waals surface area contributed by atoms with Gasteiger partial charge in [-0.25, -0.2) is 4.79 Å². The van der Waals surface area contributed by atoms with Crippen LogP contribution in [0.15, 0.2) is 28.7 Å². The molecule has 0 aliphatic rings. The number of nitro benzene ring substituents is 1. The monoisotopic (exact) mass is 450 g/mol. The van der Waals surface area contributed by atoms with Crippen molar-refractivity contribution in [3.05, 3.63) is 46.2 Å². The van der Waals surface area contributed by atoms with Gasteiger partial charge in [0.25, 0.3) is 5.69 Å². The highest BCUT2D eigenvalue weighted by molar-refractivity contribution is 5.71. The zero-order chi connectivity index (χ0) is 24.1. The minimum atomic E-state index is -0.810. The molecule has 0 radical (unpaired) electrons. The van der Waals surface area contributed by atoms with Crippen LogP contribution in [0.25, 0.3) is 0 Å². The Labute approximate surface area is 186 Å². The molecule has 11 heteroatoms. The largest absolute Gasteiger partial charge is 0.420 e. The fraction of sp³-hybridized carbons (Fsp3) is 0.571. The molecule has 1 amide bonds. The molecule has 0 aliphatic heterocycles. The highest BCUT2D eigenvalue weighted by Gasteiger charge is 2.31. The lowest BCUT2D eigenvalue weighted by atomic mass is 10.1. The molecule has 1 unspecified atom stereocenters. The summed E-state index contributed by atoms with van der Waals surface area (Å²) in [5, 5.41) is 21.5. The van der Waals surface area contributed by atoms with Gasteiger partial charge in [0.2, 0.25) is 11.8 Å². The van der Waals surface area contributed by atoms with Crippen LogP contribution in [0, 0.1) is 10.1 Å². The first kappa shape index (κ1) is 25.2. The fourth-order valence-corrected chi connectivity index (χ4v) is 2.63. The number of aromatic nitrogens is 2. The van der Waals surface area contributed by atoms with Crippen molar-refractivity contribution in [1.82, 2.24) is 15.5 Å². The van der Waals surface area contributed by atoms with Crippen molar-refractivity contribution < 1.29 is 28.3 Å². The molecule has 2 aromatic rings. The molecule has 0 aliphatic carbocycles. The number of nitrogens with zero attached hydrogens (tertiary/aromatic N) is 3. The Balaban J connectivity index is 2.15. The number of benzene rings is 1. The van der Waals surface area contributed by atoms with Gasteiger partial charge < -0.3 is 23.9 Å². The van der Waals surface area contributed by atoms with E-state index >= 15 is 0 Å². The van der Waals surface area contributed by atoms with E-state index < -0.39 is 28.8 Å². The molecule has 1 N–H and O–H groups in total. The third-order valence-electron chi connectivity index (χ3n) is 3.92. The second-order valence-electron chi connectivity index (χ2n) is 9.13. The molecular weight excluding hydrogens is 420 g/mol. The van der Waals surface area contributed by atoms with Crippen molar-refractivity contribution in [3.8, 4) is 5.75 Å². The van der Waals surface area contributed by atoms with Crippen LogP contribution >= 0.6 is 0 Å². The molecule has 32 heavy (non-hydrogen) atoms. The van der Waals surface area contributed by atoms with Crippen LogP contribution in [-0.2, 0) is 16.1 Å². The van der Waals surface area contributed by atoms with E-state index in [9.17, 15) is 14.9 Å². The molecule has 1 aromatic carbocycles. The number of carbonyl (C=O) groups is 1. The summed E-state index contributed by atoms with van der Waals surface area (Å²) >= 11 is 0. The molecule has 1 aromatic heterocycles. The number of nitro groups is 1. The van der Waals surface area contributed by atoms with Crippen LogP contribution < -0.4 is 10.1 Å². The Morgan fingerprint density at radius 1 is 1.12 bits per heavy atom. The normalized spacial score (nSPS) is 14.0. The van der Waals surface area contributed by atoms with Gasteiger partial charge in [0.1, 0.15) is 18.4 Å². The maximum atomic E-state index is 12.5. The van der Waals surface area contributed by atoms with E-state index in [1.54, 1.807) is 6.92 Å². The zero-order valence-electron chi connectivity index (χ0n) is 19.4. The molecule has 11 nitrogen and oxygen atoms in total. The lowest BCUT2D eigenvalue weighted by molar-refractivity contribution is -0.384. The lowest BCUT2D eigenvalue weighted by Crippen LogP contribution is -2.41. The first-order chi connectivity index (χ1) is 14.7. The summed E-state index contributed by atoms with van der Waals surface area (Å²) in [6.07, 6.45) is -1.35. The Bertz CT molecular complexity index is 913. The van der Waals surface area contributed by atoms with Crippen LogP contribution in [0.4, 0.5) is 10.5 Å². The fourth-order valence-electron chi connectivity index (χ4n) is 2.63. The molecule has 0 spiro atoms. The second-order valence-corrected chi connectivity index (χ2v) is 9.13. The summed E-state index contributed by atoms with van der Waals surface area (Å²) in [6.45, 7) is 13.2. The van der Waals surface area contributed by atoms with Crippen LogP contribution in [0.2, 0.25) is 0 Å². The Kier molecular flexibility index (Phi) is 7.92. The first-order valence-electron chi connectivity index (χ1n) is 10.1. The van der Waals surface area contributed by atoms with Crippen molar-refractivity contribution in [2.75, 3.05) is 0 Å². The number of non-ortho nitro benzene ring substituents is 1. The summed E-state index contributed by atoms with van der Waals surface area (Å²) in [5.74, 6) is 0.532. The zero-order valence-corrected chi connectivity index (χ0v) is 19.4. The summed E-state index contributed by atoms with van der Waals surface area (Å²) in [7, 11) is 0. The van der Waals surface area contributed by atoms with Gasteiger partial charge in [0.05, 0.1) is 22.2 Å². The van der Waals surface area contributed by atoms with E-state index in [4.69, 9.17) is 18.6 Å². The minimum Gasteiger partial charge on any atom is -0.420 e. The van der Waals surface area contributed by atoms with E-state index in [0.29, 0.717) is 0 Å². The molecule has 0 bridgehead atoms. The standard InChI is InChI=1S/C21H30N4O7/c1-13(32-21(5,6)7)17(18-24-23-16(31-18)12-29-20(2,3)4)22-19(26)30-15-10-8-14(9-11-15)25(27)28/h8-11,13,17H,12H2,1-7H3,(H,22,26)/t13?,17-/m0/s1. The predicted molar refractivity (Wildman–Crippen MR) is 114 cm³/mol. The van der Waals surface area contributed by atoms with E-state index in [1.165, 1.54) is 24.3 Å². The third kappa shape index (κ3) is 8.23. The predicted octanol–water partition coefficient (Wildman–Crippen LogP) is 4.33. The molecule has 2 rings (SSSR count). The topological polar surface area (TPSA) is 139 Å². The number of hydrogen-bond donors (Lipinski definition) is 1. The van der Waals surface area contributed by atoms with Gasteiger partial charge in [-0.2, -0.15) is 0 Å². The molecule has 0 fully saturated rings.